The average Bonchev–Trinajstić information content (AvgIpc) is 2.20. The van der Waals surface area contributed by atoms with Crippen LogP contribution in [0.1, 0.15) is 12.8 Å². The molecule has 1 saturated heterocycles. The molecule has 0 radical (unpaired) electrons. The van der Waals surface area contributed by atoms with E-state index in [1.54, 1.807) is 0 Å². The first-order valence-electron chi connectivity index (χ1n) is 3.11. The number of hydrogen-bond acceptors (Lipinski definition) is 1. The molecular formula is C6H13F2N. The first-order chi connectivity index (χ1) is 4.31. The molecular weight excluding hydrogens is 124 g/mol. The molecule has 0 N–H and O–H groups in total. The monoisotopic (exact) mass is 137 g/mol. The topological polar surface area (TPSA) is 3.24 Å². The summed E-state index contributed by atoms with van der Waals surface area (Å²) in [5.41, 5.74) is 0. The van der Waals surface area contributed by atoms with Gasteiger partial charge in [-0.25, -0.2) is 8.78 Å². The highest BCUT2D eigenvalue weighted by Gasteiger charge is 2.03. The number of nitrogens with zero attached hydrogens (tertiary/aromatic N) is 1. The van der Waals surface area contributed by atoms with Crippen LogP contribution in [0.15, 0.2) is 0 Å². The lowest BCUT2D eigenvalue weighted by atomic mass is 10.4. The molecule has 1 aliphatic rings. The van der Waals surface area contributed by atoms with Crippen molar-refractivity contribution in [2.75, 3.05) is 27.1 Å². The van der Waals surface area contributed by atoms with Crippen LogP contribution in [0.2, 0.25) is 0 Å². The zero-order valence-electron chi connectivity index (χ0n) is 5.74. The summed E-state index contributed by atoms with van der Waals surface area (Å²) in [5, 5.41) is 0. The first-order valence-corrected chi connectivity index (χ1v) is 3.11. The van der Waals surface area contributed by atoms with Crippen LogP contribution >= 0.6 is 0 Å². The van der Waals surface area contributed by atoms with Gasteiger partial charge in [0.1, 0.15) is 0 Å². The van der Waals surface area contributed by atoms with Crippen LogP contribution in [-0.4, -0.2) is 32.0 Å². The minimum Gasteiger partial charge on any atom is -0.306 e. The van der Waals surface area contributed by atoms with Crippen LogP contribution in [0.3, 0.4) is 0 Å². The zero-order chi connectivity index (χ0) is 7.11. The normalized spacial score (nSPS) is 19.0. The standard InChI is InChI=1S/C5H11N.CH2F2/c1-6-4-2-3-5-6;2-1-3/h2-5H2,1H3;1H2. The Kier molecular flexibility index (Phi) is 5.83. The molecule has 0 aliphatic carbocycles. The Hall–Kier alpha value is -0.180. The molecule has 0 saturated carbocycles. The zero-order valence-corrected chi connectivity index (χ0v) is 5.74. The van der Waals surface area contributed by atoms with Gasteiger partial charge < -0.3 is 4.90 Å². The highest BCUT2D eigenvalue weighted by atomic mass is 19.3. The summed E-state index contributed by atoms with van der Waals surface area (Å²) >= 11 is 0. The smallest absolute Gasteiger partial charge is 0.229 e. The Balaban J connectivity index is 0.000000187. The minimum atomic E-state index is -1.75. The summed E-state index contributed by atoms with van der Waals surface area (Å²) < 4.78 is 19.2. The van der Waals surface area contributed by atoms with E-state index in [0.29, 0.717) is 0 Å². The van der Waals surface area contributed by atoms with E-state index in [-0.39, 0.29) is 0 Å². The fraction of sp³-hybridized carbons (Fsp3) is 1.00. The van der Waals surface area contributed by atoms with Crippen molar-refractivity contribution in [2.24, 2.45) is 0 Å². The van der Waals surface area contributed by atoms with E-state index < -0.39 is 6.93 Å². The number of alkyl halides is 2. The fourth-order valence-corrected chi connectivity index (χ4v) is 0.875. The quantitative estimate of drug-likeness (QED) is 0.490. The van der Waals surface area contributed by atoms with Crippen molar-refractivity contribution in [3.8, 4) is 0 Å². The predicted octanol–water partition coefficient (Wildman–Crippen LogP) is 1.59. The second-order valence-electron chi connectivity index (χ2n) is 2.11. The van der Waals surface area contributed by atoms with E-state index in [1.165, 1.54) is 25.9 Å². The second kappa shape index (κ2) is 5.95. The van der Waals surface area contributed by atoms with Gasteiger partial charge in [0.05, 0.1) is 0 Å². The van der Waals surface area contributed by atoms with Crippen molar-refractivity contribution >= 4 is 0 Å². The third kappa shape index (κ3) is 5.69. The van der Waals surface area contributed by atoms with Crippen LogP contribution in [0.25, 0.3) is 0 Å². The van der Waals surface area contributed by atoms with Gasteiger partial charge in [0, 0.05) is 0 Å². The summed E-state index contributed by atoms with van der Waals surface area (Å²) in [5.74, 6) is 0. The van der Waals surface area contributed by atoms with Gasteiger partial charge in [-0.15, -0.1) is 0 Å². The predicted molar refractivity (Wildman–Crippen MR) is 33.8 cm³/mol. The van der Waals surface area contributed by atoms with Crippen molar-refractivity contribution in [3.63, 3.8) is 0 Å². The van der Waals surface area contributed by atoms with Gasteiger partial charge in [0.25, 0.3) is 0 Å². The maximum atomic E-state index is 9.62. The molecule has 56 valence electrons. The maximum Gasteiger partial charge on any atom is 0.229 e. The van der Waals surface area contributed by atoms with E-state index >= 15 is 0 Å². The van der Waals surface area contributed by atoms with Gasteiger partial charge >= 0.3 is 0 Å². The summed E-state index contributed by atoms with van der Waals surface area (Å²) in [4.78, 5) is 2.36. The lowest BCUT2D eigenvalue weighted by molar-refractivity contribution is 0.295. The number of halogens is 2. The van der Waals surface area contributed by atoms with Gasteiger partial charge in [0.15, 0.2) is 0 Å². The van der Waals surface area contributed by atoms with Crippen molar-refractivity contribution in [2.45, 2.75) is 12.8 Å². The van der Waals surface area contributed by atoms with Crippen LogP contribution in [0.4, 0.5) is 8.78 Å². The third-order valence-corrected chi connectivity index (χ3v) is 1.33. The van der Waals surface area contributed by atoms with Gasteiger partial charge in [-0.05, 0) is 33.0 Å². The molecule has 1 nitrogen and oxygen atoms in total. The molecule has 0 aromatic carbocycles. The SMILES string of the molecule is CN1CCCC1.FCF. The molecule has 1 aliphatic heterocycles. The molecule has 3 heteroatoms. The molecule has 0 bridgehead atoms. The van der Waals surface area contributed by atoms with Gasteiger partial charge in [0.2, 0.25) is 6.93 Å². The van der Waals surface area contributed by atoms with Gasteiger partial charge in [-0.3, -0.25) is 0 Å². The van der Waals surface area contributed by atoms with Crippen LogP contribution in [0.5, 0.6) is 0 Å². The van der Waals surface area contributed by atoms with E-state index in [1.807, 2.05) is 0 Å². The summed E-state index contributed by atoms with van der Waals surface area (Å²) in [6, 6.07) is 0. The number of likely N-dealkylation sites (tertiary alicyclic amines) is 1. The lowest BCUT2D eigenvalue weighted by Crippen LogP contribution is -2.10. The highest BCUT2D eigenvalue weighted by molar-refractivity contribution is 4.59. The Bertz CT molecular complexity index is 53.0. The van der Waals surface area contributed by atoms with Crippen molar-refractivity contribution in [1.82, 2.24) is 4.90 Å². The fourth-order valence-electron chi connectivity index (χ4n) is 0.875. The Morgan fingerprint density at radius 2 is 1.56 bits per heavy atom. The summed E-state index contributed by atoms with van der Waals surface area (Å²) in [7, 11) is 2.17. The second-order valence-corrected chi connectivity index (χ2v) is 2.11. The van der Waals surface area contributed by atoms with Crippen LogP contribution in [0, 0.1) is 0 Å². The average molecular weight is 137 g/mol. The molecule has 1 rings (SSSR count). The van der Waals surface area contributed by atoms with Crippen LogP contribution < -0.4 is 0 Å². The van der Waals surface area contributed by atoms with E-state index in [2.05, 4.69) is 11.9 Å². The van der Waals surface area contributed by atoms with Crippen LogP contribution in [-0.2, 0) is 0 Å². The molecule has 0 aromatic heterocycles. The number of hydrogen-bond donors (Lipinski definition) is 0. The largest absolute Gasteiger partial charge is 0.306 e. The first kappa shape index (κ1) is 8.82. The molecule has 1 fully saturated rings. The molecule has 0 atom stereocenters. The van der Waals surface area contributed by atoms with Gasteiger partial charge in [-0.2, -0.15) is 0 Å². The van der Waals surface area contributed by atoms with E-state index in [4.69, 9.17) is 0 Å². The third-order valence-electron chi connectivity index (χ3n) is 1.33. The highest BCUT2D eigenvalue weighted by Crippen LogP contribution is 2.01. The molecule has 9 heavy (non-hydrogen) atoms. The summed E-state index contributed by atoms with van der Waals surface area (Å²) in [6.45, 7) is 0.889. The Morgan fingerprint density at radius 1 is 1.22 bits per heavy atom. The van der Waals surface area contributed by atoms with Gasteiger partial charge in [-0.1, -0.05) is 0 Å². The van der Waals surface area contributed by atoms with E-state index in [0.717, 1.165) is 0 Å². The van der Waals surface area contributed by atoms with Crippen molar-refractivity contribution < 1.29 is 8.78 Å². The molecule has 0 aromatic rings. The summed E-state index contributed by atoms with van der Waals surface area (Å²) in [6.07, 6.45) is 2.83. The Labute approximate surface area is 54.7 Å². The van der Waals surface area contributed by atoms with E-state index in [9.17, 15) is 8.78 Å². The molecule has 0 unspecified atom stereocenters. The Morgan fingerprint density at radius 3 is 1.67 bits per heavy atom. The van der Waals surface area contributed by atoms with Crippen molar-refractivity contribution in [1.29, 1.82) is 0 Å². The minimum absolute atomic E-state index is 1.32. The molecule has 0 amide bonds. The maximum absolute atomic E-state index is 9.62. The number of rotatable bonds is 0. The molecule has 0 spiro atoms. The lowest BCUT2D eigenvalue weighted by Gasteiger charge is -2.01. The molecule has 1 heterocycles. The van der Waals surface area contributed by atoms with Crippen molar-refractivity contribution in [3.05, 3.63) is 0 Å².